The highest BCUT2D eigenvalue weighted by molar-refractivity contribution is 5.98. The summed E-state index contributed by atoms with van der Waals surface area (Å²) in [7, 11) is 0. The fraction of sp³-hybridized carbons (Fsp3) is 0.577. The SMILES string of the molecule is C=CCN(CCCCC)C(=O)[C@H]1N([C@H](CO)c2ccccc2)C(=O)[C@@H]2[C@@H](C(=O)O)[C@H]3CC[C@]21O3. The molecule has 2 bridgehead atoms. The van der Waals surface area contributed by atoms with Crippen LogP contribution in [0.25, 0.3) is 0 Å². The maximum absolute atomic E-state index is 14.1. The van der Waals surface area contributed by atoms with Crippen molar-refractivity contribution in [3.8, 4) is 0 Å². The van der Waals surface area contributed by atoms with Crippen LogP contribution in [0.1, 0.15) is 50.6 Å². The summed E-state index contributed by atoms with van der Waals surface area (Å²) in [5.74, 6) is -3.72. The number of aliphatic hydroxyl groups is 1. The van der Waals surface area contributed by atoms with E-state index in [0.717, 1.165) is 19.3 Å². The zero-order valence-corrected chi connectivity index (χ0v) is 19.6. The molecular formula is C26H34N2O6. The molecule has 3 saturated heterocycles. The molecule has 0 radical (unpaired) electrons. The number of carboxylic acid groups (broad SMARTS) is 1. The van der Waals surface area contributed by atoms with Crippen molar-refractivity contribution in [2.45, 2.75) is 62.8 Å². The highest BCUT2D eigenvalue weighted by atomic mass is 16.5. The number of aliphatic hydroxyl groups excluding tert-OH is 1. The number of amides is 2. The minimum absolute atomic E-state index is 0.270. The monoisotopic (exact) mass is 470 g/mol. The van der Waals surface area contributed by atoms with Crippen LogP contribution in [0, 0.1) is 11.8 Å². The van der Waals surface area contributed by atoms with Crippen molar-refractivity contribution in [2.24, 2.45) is 11.8 Å². The van der Waals surface area contributed by atoms with Crippen LogP contribution in [0.3, 0.4) is 0 Å². The largest absolute Gasteiger partial charge is 0.481 e. The van der Waals surface area contributed by atoms with Crippen LogP contribution in [0.15, 0.2) is 43.0 Å². The lowest BCUT2D eigenvalue weighted by molar-refractivity contribution is -0.153. The Balaban J connectivity index is 1.79. The van der Waals surface area contributed by atoms with E-state index in [2.05, 4.69) is 13.5 Å². The fourth-order valence-electron chi connectivity index (χ4n) is 6.19. The van der Waals surface area contributed by atoms with Gasteiger partial charge in [0.25, 0.3) is 0 Å². The first-order valence-corrected chi connectivity index (χ1v) is 12.2. The molecule has 4 rings (SSSR count). The highest BCUT2D eigenvalue weighted by Crippen LogP contribution is 2.59. The Bertz CT molecular complexity index is 936. The van der Waals surface area contributed by atoms with E-state index in [0.29, 0.717) is 31.5 Å². The standard InChI is InChI=1S/C26H34N2O6/c1-3-5-9-15-27(14-4-2)24(31)22-26-13-12-19(34-26)20(25(32)33)21(26)23(30)28(22)18(16-29)17-10-7-6-8-11-17/h4,6-8,10-11,18-22,29H,2-3,5,9,12-16H2,1H3,(H,32,33)/t18-,19-,20+,21+,22-,26+/m1/s1. The number of carboxylic acids is 1. The third kappa shape index (κ3) is 3.82. The van der Waals surface area contributed by atoms with Gasteiger partial charge >= 0.3 is 5.97 Å². The van der Waals surface area contributed by atoms with Crippen LogP contribution in [0.5, 0.6) is 0 Å². The number of hydrogen-bond acceptors (Lipinski definition) is 5. The number of nitrogens with zero attached hydrogens (tertiary/aromatic N) is 2. The molecule has 184 valence electrons. The third-order valence-corrected chi connectivity index (χ3v) is 7.64. The molecule has 2 N–H and O–H groups in total. The van der Waals surface area contributed by atoms with E-state index in [1.54, 1.807) is 23.1 Å². The lowest BCUT2D eigenvalue weighted by atomic mass is 9.70. The first-order chi connectivity index (χ1) is 16.4. The normalized spacial score (nSPS) is 30.3. The highest BCUT2D eigenvalue weighted by Gasteiger charge is 2.75. The van der Waals surface area contributed by atoms with Crippen molar-refractivity contribution in [2.75, 3.05) is 19.7 Å². The average Bonchev–Trinajstić information content (AvgIpc) is 3.47. The van der Waals surface area contributed by atoms with Crippen molar-refractivity contribution in [3.63, 3.8) is 0 Å². The predicted molar refractivity (Wildman–Crippen MR) is 125 cm³/mol. The molecule has 1 spiro atoms. The molecule has 0 unspecified atom stereocenters. The second kappa shape index (κ2) is 9.88. The van der Waals surface area contributed by atoms with Crippen molar-refractivity contribution < 1.29 is 29.3 Å². The number of hydrogen-bond donors (Lipinski definition) is 2. The quantitative estimate of drug-likeness (QED) is 0.380. The summed E-state index contributed by atoms with van der Waals surface area (Å²) >= 11 is 0. The van der Waals surface area contributed by atoms with Crippen molar-refractivity contribution in [1.82, 2.24) is 9.80 Å². The number of unbranched alkanes of at least 4 members (excludes halogenated alkanes) is 2. The van der Waals surface area contributed by atoms with Crippen LogP contribution in [-0.4, -0.2) is 75.2 Å². The van der Waals surface area contributed by atoms with E-state index in [1.807, 2.05) is 18.2 Å². The van der Waals surface area contributed by atoms with Gasteiger partial charge in [-0.15, -0.1) is 6.58 Å². The van der Waals surface area contributed by atoms with E-state index in [9.17, 15) is 24.6 Å². The third-order valence-electron chi connectivity index (χ3n) is 7.64. The summed E-state index contributed by atoms with van der Waals surface area (Å²) in [6.45, 7) is 6.33. The number of benzene rings is 1. The lowest BCUT2D eigenvalue weighted by Gasteiger charge is -2.39. The molecule has 6 atom stereocenters. The van der Waals surface area contributed by atoms with E-state index >= 15 is 0 Å². The maximum atomic E-state index is 14.1. The number of carbonyl (C=O) groups is 3. The van der Waals surface area contributed by atoms with Gasteiger partial charge in [-0.05, 0) is 24.8 Å². The van der Waals surface area contributed by atoms with Gasteiger partial charge in [-0.25, -0.2) is 0 Å². The Hall–Kier alpha value is -2.71. The second-order valence-electron chi connectivity index (χ2n) is 9.53. The van der Waals surface area contributed by atoms with Crippen LogP contribution in [0.4, 0.5) is 0 Å². The van der Waals surface area contributed by atoms with Gasteiger partial charge in [-0.2, -0.15) is 0 Å². The van der Waals surface area contributed by atoms with Gasteiger partial charge < -0.3 is 24.7 Å². The second-order valence-corrected chi connectivity index (χ2v) is 9.53. The minimum Gasteiger partial charge on any atom is -0.481 e. The molecule has 1 aromatic carbocycles. The number of carbonyl (C=O) groups excluding carboxylic acids is 2. The van der Waals surface area contributed by atoms with E-state index < -0.39 is 47.5 Å². The molecule has 34 heavy (non-hydrogen) atoms. The average molecular weight is 471 g/mol. The minimum atomic E-state index is -1.20. The summed E-state index contributed by atoms with van der Waals surface area (Å²) in [5.41, 5.74) is -0.510. The van der Waals surface area contributed by atoms with Gasteiger partial charge in [0.05, 0.1) is 30.6 Å². The Morgan fingerprint density at radius 1 is 1.32 bits per heavy atom. The van der Waals surface area contributed by atoms with Crippen LogP contribution in [0.2, 0.25) is 0 Å². The van der Waals surface area contributed by atoms with Crippen molar-refractivity contribution in [3.05, 3.63) is 48.6 Å². The summed E-state index contributed by atoms with van der Waals surface area (Å²) < 4.78 is 6.28. The zero-order valence-electron chi connectivity index (χ0n) is 19.6. The first-order valence-electron chi connectivity index (χ1n) is 12.2. The molecule has 1 aromatic rings. The topological polar surface area (TPSA) is 107 Å². The van der Waals surface area contributed by atoms with Crippen molar-refractivity contribution >= 4 is 17.8 Å². The van der Waals surface area contributed by atoms with Gasteiger partial charge in [0.2, 0.25) is 11.8 Å². The van der Waals surface area contributed by atoms with Gasteiger partial charge in [-0.1, -0.05) is 56.2 Å². The molecule has 3 aliphatic heterocycles. The lowest BCUT2D eigenvalue weighted by Crippen LogP contribution is -2.57. The molecule has 3 aliphatic rings. The molecule has 0 aliphatic carbocycles. The first kappa shape index (κ1) is 24.4. The Morgan fingerprint density at radius 2 is 2.06 bits per heavy atom. The fourth-order valence-corrected chi connectivity index (χ4v) is 6.19. The number of likely N-dealkylation sites (tertiary alicyclic amines) is 1. The summed E-state index contributed by atoms with van der Waals surface area (Å²) in [6.07, 6.45) is 4.79. The molecule has 0 saturated carbocycles. The molecule has 8 nitrogen and oxygen atoms in total. The maximum Gasteiger partial charge on any atom is 0.310 e. The Labute approximate surface area is 200 Å². The zero-order chi connectivity index (χ0) is 24.5. The van der Waals surface area contributed by atoms with E-state index in [-0.39, 0.29) is 12.5 Å². The Morgan fingerprint density at radius 3 is 2.68 bits per heavy atom. The van der Waals surface area contributed by atoms with Gasteiger partial charge in [0.15, 0.2) is 0 Å². The number of ether oxygens (including phenoxy) is 1. The molecular weight excluding hydrogens is 436 g/mol. The molecule has 3 heterocycles. The van der Waals surface area contributed by atoms with Gasteiger partial charge in [0.1, 0.15) is 11.6 Å². The van der Waals surface area contributed by atoms with Crippen molar-refractivity contribution in [1.29, 1.82) is 0 Å². The van der Waals surface area contributed by atoms with Crippen LogP contribution in [-0.2, 0) is 19.1 Å². The predicted octanol–water partition coefficient (Wildman–Crippen LogP) is 2.38. The number of fused-ring (bicyclic) bond motifs is 1. The summed E-state index contributed by atoms with van der Waals surface area (Å²) in [6, 6.07) is 7.29. The molecule has 3 fully saturated rings. The van der Waals surface area contributed by atoms with Crippen LogP contribution >= 0.6 is 0 Å². The molecule has 0 aromatic heterocycles. The number of rotatable bonds is 11. The Kier molecular flexibility index (Phi) is 7.09. The molecule has 8 heteroatoms. The van der Waals surface area contributed by atoms with Crippen LogP contribution < -0.4 is 0 Å². The smallest absolute Gasteiger partial charge is 0.310 e. The number of aliphatic carboxylic acids is 1. The summed E-state index contributed by atoms with van der Waals surface area (Å²) in [4.78, 5) is 43.3. The van der Waals surface area contributed by atoms with E-state index in [1.165, 1.54) is 4.90 Å². The molecule has 2 amide bonds. The summed E-state index contributed by atoms with van der Waals surface area (Å²) in [5, 5.41) is 20.3. The van der Waals surface area contributed by atoms with Gasteiger partial charge in [0, 0.05) is 13.1 Å². The van der Waals surface area contributed by atoms with Gasteiger partial charge in [-0.3, -0.25) is 14.4 Å². The van der Waals surface area contributed by atoms with E-state index in [4.69, 9.17) is 4.74 Å².